The van der Waals surface area contributed by atoms with Gasteiger partial charge in [0.25, 0.3) is 0 Å². The van der Waals surface area contributed by atoms with E-state index in [0.29, 0.717) is 11.6 Å². The van der Waals surface area contributed by atoms with Crippen molar-refractivity contribution < 1.29 is 14.3 Å². The van der Waals surface area contributed by atoms with Crippen LogP contribution in [0, 0.1) is 0 Å². The molecular weight excluding hydrogens is 220 g/mol. The average molecular weight is 231 g/mol. The third-order valence-corrected chi connectivity index (χ3v) is 1.71. The van der Waals surface area contributed by atoms with Crippen molar-refractivity contribution in [2.75, 3.05) is 18.9 Å². The summed E-state index contributed by atoms with van der Waals surface area (Å²) >= 11 is 5.68. The number of nitrogens with two attached hydrogens (primary N) is 1. The van der Waals surface area contributed by atoms with Gasteiger partial charge in [-0.3, -0.25) is 0 Å². The van der Waals surface area contributed by atoms with Gasteiger partial charge in [-0.25, -0.2) is 9.78 Å². The molecule has 5 nitrogen and oxygen atoms in total. The fourth-order valence-electron chi connectivity index (χ4n) is 0.886. The Bertz CT molecular complexity index is 357. The lowest BCUT2D eigenvalue weighted by molar-refractivity contribution is -0.145. The zero-order chi connectivity index (χ0) is 11.3. The molecule has 0 atom stereocenters. The van der Waals surface area contributed by atoms with Gasteiger partial charge in [0, 0.05) is 12.3 Å². The monoisotopic (exact) mass is 230 g/mol. The lowest BCUT2D eigenvalue weighted by Gasteiger charge is -2.07. The highest BCUT2D eigenvalue weighted by molar-refractivity contribution is 6.30. The van der Waals surface area contributed by atoms with E-state index < -0.39 is 5.97 Å². The number of esters is 1. The van der Waals surface area contributed by atoms with E-state index in [9.17, 15) is 4.79 Å². The van der Waals surface area contributed by atoms with E-state index in [1.54, 1.807) is 6.92 Å². The molecule has 0 saturated carbocycles. The van der Waals surface area contributed by atoms with Crippen LogP contribution in [0.5, 0.6) is 5.75 Å². The Kier molecular flexibility index (Phi) is 4.17. The predicted molar refractivity (Wildman–Crippen MR) is 55.8 cm³/mol. The Morgan fingerprint density at radius 1 is 1.67 bits per heavy atom. The first-order valence-corrected chi connectivity index (χ1v) is 4.70. The maximum absolute atomic E-state index is 11.0. The number of carbonyl (C=O) groups is 1. The molecule has 0 unspecified atom stereocenters. The average Bonchev–Trinajstić information content (AvgIpc) is 2.20. The normalized spacial score (nSPS) is 9.73. The molecule has 1 aromatic heterocycles. The number of hydrogen-bond donors (Lipinski definition) is 1. The van der Waals surface area contributed by atoms with Crippen LogP contribution in [0.1, 0.15) is 6.92 Å². The molecule has 0 amide bonds. The van der Waals surface area contributed by atoms with Crippen LogP contribution in [-0.2, 0) is 9.53 Å². The van der Waals surface area contributed by atoms with Crippen LogP contribution in [0.15, 0.2) is 12.3 Å². The van der Waals surface area contributed by atoms with E-state index >= 15 is 0 Å². The van der Waals surface area contributed by atoms with Crippen LogP contribution >= 0.6 is 11.6 Å². The largest absolute Gasteiger partial charge is 0.478 e. The molecule has 0 spiro atoms. The second-order valence-electron chi connectivity index (χ2n) is 2.63. The summed E-state index contributed by atoms with van der Waals surface area (Å²) in [7, 11) is 0. The first kappa shape index (κ1) is 11.6. The number of ether oxygens (including phenoxy) is 2. The lowest BCUT2D eigenvalue weighted by atomic mass is 10.4. The molecule has 0 aromatic carbocycles. The van der Waals surface area contributed by atoms with Crippen LogP contribution in [-0.4, -0.2) is 24.2 Å². The van der Waals surface area contributed by atoms with E-state index in [1.807, 2.05) is 0 Å². The first-order chi connectivity index (χ1) is 7.13. The minimum Gasteiger partial charge on any atom is -0.478 e. The topological polar surface area (TPSA) is 74.4 Å². The van der Waals surface area contributed by atoms with Crippen molar-refractivity contribution in [1.29, 1.82) is 0 Å². The number of carbonyl (C=O) groups excluding carboxylic acids is 1. The second kappa shape index (κ2) is 5.41. The molecule has 1 rings (SSSR count). The highest BCUT2D eigenvalue weighted by Gasteiger charge is 2.07. The molecule has 0 aliphatic rings. The molecule has 0 aliphatic heterocycles. The molecule has 1 heterocycles. The molecule has 0 aliphatic carbocycles. The Morgan fingerprint density at radius 3 is 3.07 bits per heavy atom. The molecule has 15 heavy (non-hydrogen) atoms. The van der Waals surface area contributed by atoms with E-state index in [0.717, 1.165) is 0 Å². The van der Waals surface area contributed by atoms with Crippen LogP contribution < -0.4 is 10.5 Å². The summed E-state index contributed by atoms with van der Waals surface area (Å²) < 4.78 is 9.76. The van der Waals surface area contributed by atoms with Crippen molar-refractivity contribution in [3.8, 4) is 5.75 Å². The highest BCUT2D eigenvalue weighted by atomic mass is 35.5. The lowest BCUT2D eigenvalue weighted by Crippen LogP contribution is -2.15. The SMILES string of the molecule is CCOC(=O)COc1cc(Cl)cnc1N. The number of aromatic nitrogens is 1. The Hall–Kier alpha value is -1.49. The summed E-state index contributed by atoms with van der Waals surface area (Å²) in [5.74, 6) is -0.00359. The van der Waals surface area contributed by atoms with E-state index in [4.69, 9.17) is 22.1 Å². The highest BCUT2D eigenvalue weighted by Crippen LogP contribution is 2.22. The second-order valence-corrected chi connectivity index (χ2v) is 3.07. The maximum Gasteiger partial charge on any atom is 0.344 e. The van der Waals surface area contributed by atoms with Crippen LogP contribution in [0.25, 0.3) is 0 Å². The fraction of sp³-hybridized carbons (Fsp3) is 0.333. The van der Waals surface area contributed by atoms with Crippen molar-refractivity contribution in [3.63, 3.8) is 0 Å². The third-order valence-electron chi connectivity index (χ3n) is 1.50. The standard InChI is InChI=1S/C9H11ClN2O3/c1-2-14-8(13)5-15-7-3-6(10)4-12-9(7)11/h3-4H,2,5H2,1H3,(H2,11,12). The van der Waals surface area contributed by atoms with Gasteiger partial charge in [0.05, 0.1) is 11.6 Å². The van der Waals surface area contributed by atoms with Crippen molar-refractivity contribution in [3.05, 3.63) is 17.3 Å². The van der Waals surface area contributed by atoms with Crippen LogP contribution in [0.2, 0.25) is 5.02 Å². The zero-order valence-corrected chi connectivity index (χ0v) is 8.95. The molecule has 0 bridgehead atoms. The van der Waals surface area contributed by atoms with Gasteiger partial charge in [0.2, 0.25) is 0 Å². The summed E-state index contributed by atoms with van der Waals surface area (Å²) in [5, 5.41) is 0.392. The van der Waals surface area contributed by atoms with Crippen molar-refractivity contribution >= 4 is 23.4 Å². The summed E-state index contributed by atoms with van der Waals surface area (Å²) in [6.07, 6.45) is 1.40. The van der Waals surface area contributed by atoms with Gasteiger partial charge in [-0.05, 0) is 6.92 Å². The Balaban J connectivity index is 2.57. The Labute approximate surface area is 92.1 Å². The molecule has 82 valence electrons. The van der Waals surface area contributed by atoms with Gasteiger partial charge in [-0.15, -0.1) is 0 Å². The number of pyridine rings is 1. The number of hydrogen-bond acceptors (Lipinski definition) is 5. The minimum atomic E-state index is -0.461. The van der Waals surface area contributed by atoms with Crippen molar-refractivity contribution in [2.45, 2.75) is 6.92 Å². The van der Waals surface area contributed by atoms with Gasteiger partial charge in [0.15, 0.2) is 18.2 Å². The molecular formula is C9H11ClN2O3. The molecule has 0 fully saturated rings. The van der Waals surface area contributed by atoms with E-state index in [1.165, 1.54) is 12.3 Å². The van der Waals surface area contributed by atoms with Crippen LogP contribution in [0.4, 0.5) is 5.82 Å². The number of anilines is 1. The molecule has 2 N–H and O–H groups in total. The van der Waals surface area contributed by atoms with Gasteiger partial charge in [-0.2, -0.15) is 0 Å². The Morgan fingerprint density at radius 2 is 2.40 bits per heavy atom. The fourth-order valence-corrected chi connectivity index (χ4v) is 1.03. The van der Waals surface area contributed by atoms with E-state index in [2.05, 4.69) is 9.72 Å². The molecule has 1 aromatic rings. The summed E-state index contributed by atoms with van der Waals surface area (Å²) in [5.41, 5.74) is 5.50. The summed E-state index contributed by atoms with van der Waals surface area (Å²) in [4.78, 5) is 14.7. The number of halogens is 1. The minimum absolute atomic E-state index is 0.184. The number of nitrogens with zero attached hydrogens (tertiary/aromatic N) is 1. The third kappa shape index (κ3) is 3.63. The van der Waals surface area contributed by atoms with Gasteiger partial charge < -0.3 is 15.2 Å². The van der Waals surface area contributed by atoms with Gasteiger partial charge in [0.1, 0.15) is 0 Å². The van der Waals surface area contributed by atoms with Gasteiger partial charge >= 0.3 is 5.97 Å². The van der Waals surface area contributed by atoms with Crippen LogP contribution in [0.3, 0.4) is 0 Å². The number of rotatable bonds is 4. The van der Waals surface area contributed by atoms with E-state index in [-0.39, 0.29) is 18.2 Å². The molecule has 6 heteroatoms. The summed E-state index contributed by atoms with van der Waals surface area (Å²) in [6, 6.07) is 1.49. The molecule has 0 radical (unpaired) electrons. The molecule has 0 saturated heterocycles. The summed E-state index contributed by atoms with van der Waals surface area (Å²) in [6.45, 7) is 1.82. The first-order valence-electron chi connectivity index (χ1n) is 4.33. The maximum atomic E-state index is 11.0. The van der Waals surface area contributed by atoms with Crippen molar-refractivity contribution in [1.82, 2.24) is 4.98 Å². The predicted octanol–water partition coefficient (Wildman–Crippen LogP) is 1.26. The smallest absolute Gasteiger partial charge is 0.344 e. The van der Waals surface area contributed by atoms with Crippen molar-refractivity contribution in [2.24, 2.45) is 0 Å². The van der Waals surface area contributed by atoms with Gasteiger partial charge in [-0.1, -0.05) is 11.6 Å². The quantitative estimate of drug-likeness (QED) is 0.789. The zero-order valence-electron chi connectivity index (χ0n) is 8.20. The number of nitrogen functional groups attached to an aromatic ring is 1.